The zero-order chi connectivity index (χ0) is 13.9. The summed E-state index contributed by atoms with van der Waals surface area (Å²) in [6.45, 7) is 8.17. The Morgan fingerprint density at radius 2 is 1.95 bits per heavy atom. The normalized spacial score (nSPS) is 16.8. The molecule has 0 aliphatic carbocycles. The highest BCUT2D eigenvalue weighted by molar-refractivity contribution is 5.85. The first kappa shape index (κ1) is 17.0. The van der Waals surface area contributed by atoms with Crippen LogP contribution in [0.4, 0.5) is 0 Å². The third-order valence-corrected chi connectivity index (χ3v) is 4.27. The molecule has 1 aromatic rings. The van der Waals surface area contributed by atoms with Crippen LogP contribution in [0, 0.1) is 5.92 Å². The first-order valence-corrected chi connectivity index (χ1v) is 7.12. The van der Waals surface area contributed by atoms with Crippen molar-refractivity contribution in [1.29, 1.82) is 0 Å². The van der Waals surface area contributed by atoms with Crippen molar-refractivity contribution in [3.8, 4) is 0 Å². The summed E-state index contributed by atoms with van der Waals surface area (Å²) in [4.78, 5) is 12.1. The molecular weight excluding hydrogens is 272 g/mol. The lowest BCUT2D eigenvalue weighted by atomic mass is 9.76. The lowest BCUT2D eigenvalue weighted by Gasteiger charge is -2.37. The number of nitrogens with one attached hydrogen (secondary N) is 2. The molecule has 20 heavy (non-hydrogen) atoms. The van der Waals surface area contributed by atoms with E-state index in [1.807, 2.05) is 6.07 Å². The van der Waals surface area contributed by atoms with Gasteiger partial charge >= 0.3 is 0 Å². The summed E-state index contributed by atoms with van der Waals surface area (Å²) in [6, 6.07) is 10.6. The maximum absolute atomic E-state index is 12.1. The molecule has 0 bridgehead atoms. The summed E-state index contributed by atoms with van der Waals surface area (Å²) in [7, 11) is 0. The van der Waals surface area contributed by atoms with Crippen LogP contribution in [0.15, 0.2) is 30.3 Å². The van der Waals surface area contributed by atoms with Gasteiger partial charge in [0.25, 0.3) is 0 Å². The fraction of sp³-hybridized carbons (Fsp3) is 0.562. The van der Waals surface area contributed by atoms with Crippen LogP contribution in [-0.4, -0.2) is 25.0 Å². The number of benzene rings is 1. The van der Waals surface area contributed by atoms with Gasteiger partial charge in [-0.25, -0.2) is 0 Å². The summed E-state index contributed by atoms with van der Waals surface area (Å²) < 4.78 is 0. The number of hydrogen-bond donors (Lipinski definition) is 2. The number of amides is 1. The van der Waals surface area contributed by atoms with Crippen molar-refractivity contribution >= 4 is 18.3 Å². The van der Waals surface area contributed by atoms with E-state index >= 15 is 0 Å². The summed E-state index contributed by atoms with van der Waals surface area (Å²) in [6.07, 6.45) is 0.938. The van der Waals surface area contributed by atoms with Crippen LogP contribution in [0.5, 0.6) is 0 Å². The van der Waals surface area contributed by atoms with Crippen molar-refractivity contribution in [2.24, 2.45) is 5.92 Å². The van der Waals surface area contributed by atoms with E-state index in [4.69, 9.17) is 0 Å². The van der Waals surface area contributed by atoms with Crippen LogP contribution < -0.4 is 10.6 Å². The molecule has 1 fully saturated rings. The van der Waals surface area contributed by atoms with Crippen LogP contribution in [-0.2, 0) is 10.2 Å². The lowest BCUT2D eigenvalue weighted by molar-refractivity contribution is -0.127. The molecule has 1 aromatic carbocycles. The Hall–Kier alpha value is -1.06. The summed E-state index contributed by atoms with van der Waals surface area (Å²) in [5.41, 5.74) is 1.22. The van der Waals surface area contributed by atoms with Gasteiger partial charge in [0.1, 0.15) is 0 Å². The highest BCUT2D eigenvalue weighted by Crippen LogP contribution is 2.29. The van der Waals surface area contributed by atoms with Crippen molar-refractivity contribution in [3.63, 3.8) is 0 Å². The minimum atomic E-state index is -0.0527. The molecule has 3 nitrogen and oxygen atoms in total. The van der Waals surface area contributed by atoms with E-state index in [2.05, 4.69) is 55.7 Å². The summed E-state index contributed by atoms with van der Waals surface area (Å²) in [5, 5.41) is 6.37. The highest BCUT2D eigenvalue weighted by atomic mass is 35.5. The van der Waals surface area contributed by atoms with Gasteiger partial charge in [-0.2, -0.15) is 0 Å². The lowest BCUT2D eigenvalue weighted by Crippen LogP contribution is -2.55. The standard InChI is InChI=1S/C16H24N2O.ClH/c1-4-14(18-15(19)12-10-17-11-12)16(2,3)13-8-6-5-7-9-13;/h5-9,12,14,17H,4,10-11H2,1-3H3,(H,18,19);1H. The van der Waals surface area contributed by atoms with Crippen molar-refractivity contribution in [2.45, 2.75) is 38.6 Å². The zero-order valence-corrected chi connectivity index (χ0v) is 13.3. The zero-order valence-electron chi connectivity index (χ0n) is 12.5. The van der Waals surface area contributed by atoms with E-state index in [-0.39, 0.29) is 35.7 Å². The molecule has 1 aliphatic rings. The SMILES string of the molecule is CCC(NC(=O)C1CNC1)C(C)(C)c1ccccc1.Cl. The van der Waals surface area contributed by atoms with Gasteiger partial charge in [-0.15, -0.1) is 12.4 Å². The maximum atomic E-state index is 12.1. The van der Waals surface area contributed by atoms with Crippen molar-refractivity contribution in [2.75, 3.05) is 13.1 Å². The Balaban J connectivity index is 0.00000200. The second-order valence-corrected chi connectivity index (χ2v) is 5.91. The maximum Gasteiger partial charge on any atom is 0.225 e. The van der Waals surface area contributed by atoms with Crippen LogP contribution in [0.3, 0.4) is 0 Å². The van der Waals surface area contributed by atoms with Gasteiger partial charge in [0.2, 0.25) is 5.91 Å². The Kier molecular flexibility index (Phi) is 6.03. The Morgan fingerprint density at radius 1 is 1.35 bits per heavy atom. The molecule has 112 valence electrons. The van der Waals surface area contributed by atoms with Crippen molar-refractivity contribution < 1.29 is 4.79 Å². The molecule has 1 amide bonds. The average Bonchev–Trinajstić information content (AvgIpc) is 2.34. The molecular formula is C16H25ClN2O. The predicted molar refractivity (Wildman–Crippen MR) is 85.3 cm³/mol. The van der Waals surface area contributed by atoms with Crippen LogP contribution in [0.25, 0.3) is 0 Å². The van der Waals surface area contributed by atoms with E-state index in [0.29, 0.717) is 0 Å². The van der Waals surface area contributed by atoms with Gasteiger partial charge < -0.3 is 10.6 Å². The monoisotopic (exact) mass is 296 g/mol. The van der Waals surface area contributed by atoms with Crippen LogP contribution in [0.1, 0.15) is 32.8 Å². The molecule has 2 rings (SSSR count). The minimum absolute atomic E-state index is 0. The average molecular weight is 297 g/mol. The van der Waals surface area contributed by atoms with E-state index < -0.39 is 0 Å². The quantitative estimate of drug-likeness (QED) is 0.876. The summed E-state index contributed by atoms with van der Waals surface area (Å²) >= 11 is 0. The Morgan fingerprint density at radius 3 is 2.40 bits per heavy atom. The largest absolute Gasteiger partial charge is 0.352 e. The van der Waals surface area contributed by atoms with Gasteiger partial charge in [-0.3, -0.25) is 4.79 Å². The third kappa shape index (κ3) is 3.53. The predicted octanol–water partition coefficient (Wildman–Crippen LogP) is 2.50. The molecule has 1 atom stereocenters. The highest BCUT2D eigenvalue weighted by Gasteiger charge is 2.34. The number of halogens is 1. The van der Waals surface area contributed by atoms with E-state index in [1.165, 1.54) is 5.56 Å². The Labute approximate surface area is 127 Å². The first-order chi connectivity index (χ1) is 9.05. The molecule has 1 unspecified atom stereocenters. The molecule has 0 spiro atoms. The van der Waals surface area contributed by atoms with Gasteiger partial charge in [0.05, 0.1) is 5.92 Å². The second-order valence-electron chi connectivity index (χ2n) is 5.91. The number of hydrogen-bond acceptors (Lipinski definition) is 2. The topological polar surface area (TPSA) is 41.1 Å². The number of rotatable bonds is 5. The summed E-state index contributed by atoms with van der Waals surface area (Å²) in [5.74, 6) is 0.343. The second kappa shape index (κ2) is 7.09. The van der Waals surface area contributed by atoms with Gasteiger partial charge in [0.15, 0.2) is 0 Å². The fourth-order valence-corrected chi connectivity index (χ4v) is 2.63. The van der Waals surface area contributed by atoms with Crippen LogP contribution in [0.2, 0.25) is 0 Å². The van der Waals surface area contributed by atoms with Gasteiger partial charge in [-0.1, -0.05) is 51.1 Å². The molecule has 0 aromatic heterocycles. The molecule has 0 saturated carbocycles. The smallest absolute Gasteiger partial charge is 0.225 e. The van der Waals surface area contributed by atoms with E-state index in [9.17, 15) is 4.79 Å². The molecule has 1 aliphatic heterocycles. The molecule has 0 radical (unpaired) electrons. The third-order valence-electron chi connectivity index (χ3n) is 4.27. The minimum Gasteiger partial charge on any atom is -0.352 e. The molecule has 4 heteroatoms. The van der Waals surface area contributed by atoms with Crippen molar-refractivity contribution in [3.05, 3.63) is 35.9 Å². The molecule has 1 saturated heterocycles. The molecule has 2 N–H and O–H groups in total. The van der Waals surface area contributed by atoms with Gasteiger partial charge in [-0.05, 0) is 12.0 Å². The van der Waals surface area contributed by atoms with Crippen molar-refractivity contribution in [1.82, 2.24) is 10.6 Å². The number of carbonyl (C=O) groups is 1. The number of carbonyl (C=O) groups excluding carboxylic acids is 1. The Bertz CT molecular complexity index is 429. The van der Waals surface area contributed by atoms with Gasteiger partial charge in [0, 0.05) is 24.5 Å². The van der Waals surface area contributed by atoms with E-state index in [1.54, 1.807) is 0 Å². The van der Waals surface area contributed by atoms with E-state index in [0.717, 1.165) is 19.5 Å². The first-order valence-electron chi connectivity index (χ1n) is 7.12. The van der Waals surface area contributed by atoms with Crippen LogP contribution >= 0.6 is 12.4 Å². The molecule has 1 heterocycles. The fourth-order valence-electron chi connectivity index (χ4n) is 2.63.